The van der Waals surface area contributed by atoms with Crippen LogP contribution in [0.5, 0.6) is 5.75 Å². The van der Waals surface area contributed by atoms with E-state index in [2.05, 4.69) is 0 Å². The average molecular weight is 333 g/mol. The van der Waals surface area contributed by atoms with Crippen LogP contribution in [-0.2, 0) is 14.3 Å². The first-order valence-electron chi connectivity index (χ1n) is 6.97. The van der Waals surface area contributed by atoms with Gasteiger partial charge in [-0.3, -0.25) is 0 Å². The summed E-state index contributed by atoms with van der Waals surface area (Å²) in [7, 11) is 0. The maximum absolute atomic E-state index is 12.2. The Hall–Kier alpha value is -2.37. The molecule has 2 atom stereocenters. The standard InChI is InChI=1S/C17H13ClO5/c18-12-2-1-3-13(8-12)22-16(20)14-7-11-6-10(9-19)4-5-15(11)23-17(14)21/h1-8,11,15,19H,9H2. The predicted octanol–water partition coefficient (Wildman–Crippen LogP) is 2.20. The third kappa shape index (κ3) is 3.36. The van der Waals surface area contributed by atoms with Gasteiger partial charge in [-0.15, -0.1) is 0 Å². The summed E-state index contributed by atoms with van der Waals surface area (Å²) >= 11 is 5.83. The van der Waals surface area contributed by atoms with Gasteiger partial charge in [0.2, 0.25) is 0 Å². The number of fused-ring (bicyclic) bond motifs is 1. The molecular formula is C17H13ClO5. The molecule has 1 aromatic carbocycles. The molecule has 5 nitrogen and oxygen atoms in total. The molecule has 1 N–H and O–H groups in total. The first kappa shape index (κ1) is 15.5. The van der Waals surface area contributed by atoms with Gasteiger partial charge in [-0.1, -0.05) is 35.9 Å². The topological polar surface area (TPSA) is 72.8 Å². The lowest BCUT2D eigenvalue weighted by Gasteiger charge is -2.28. The number of carbonyl (C=O) groups is 2. The van der Waals surface area contributed by atoms with Gasteiger partial charge in [0.25, 0.3) is 0 Å². The Balaban J connectivity index is 1.82. The lowest BCUT2D eigenvalue weighted by molar-refractivity contribution is -0.148. The third-order valence-electron chi connectivity index (χ3n) is 3.52. The number of ether oxygens (including phenoxy) is 2. The summed E-state index contributed by atoms with van der Waals surface area (Å²) < 4.78 is 10.4. The minimum atomic E-state index is -0.802. The SMILES string of the molecule is O=C(Oc1cccc(Cl)c1)C1=CC2C=C(CO)C=CC2OC1=O. The number of hydrogen-bond acceptors (Lipinski definition) is 5. The lowest BCUT2D eigenvalue weighted by Crippen LogP contribution is -2.34. The van der Waals surface area contributed by atoms with Crippen LogP contribution in [0, 0.1) is 5.92 Å². The van der Waals surface area contributed by atoms with Crippen LogP contribution < -0.4 is 4.74 Å². The zero-order valence-electron chi connectivity index (χ0n) is 11.9. The molecule has 118 valence electrons. The second-order valence-electron chi connectivity index (χ2n) is 5.13. The Labute approximate surface area is 137 Å². The number of aliphatic hydroxyl groups excluding tert-OH is 1. The van der Waals surface area contributed by atoms with Gasteiger partial charge in [0.05, 0.1) is 6.61 Å². The van der Waals surface area contributed by atoms with E-state index in [1.807, 2.05) is 0 Å². The lowest BCUT2D eigenvalue weighted by atomic mass is 9.90. The van der Waals surface area contributed by atoms with Gasteiger partial charge in [-0.2, -0.15) is 0 Å². The molecule has 1 aliphatic heterocycles. The highest BCUT2D eigenvalue weighted by molar-refractivity contribution is 6.30. The molecule has 1 heterocycles. The van der Waals surface area contributed by atoms with E-state index in [9.17, 15) is 14.7 Å². The van der Waals surface area contributed by atoms with Crippen molar-refractivity contribution in [1.29, 1.82) is 0 Å². The monoisotopic (exact) mass is 332 g/mol. The molecule has 0 saturated heterocycles. The van der Waals surface area contributed by atoms with Crippen LogP contribution in [0.1, 0.15) is 0 Å². The molecule has 0 saturated carbocycles. The van der Waals surface area contributed by atoms with E-state index in [0.717, 1.165) is 0 Å². The summed E-state index contributed by atoms with van der Waals surface area (Å²) in [6.07, 6.45) is 6.16. The van der Waals surface area contributed by atoms with E-state index in [-0.39, 0.29) is 23.8 Å². The minimum Gasteiger partial charge on any atom is -0.453 e. The summed E-state index contributed by atoms with van der Waals surface area (Å²) in [5.41, 5.74) is 0.526. The van der Waals surface area contributed by atoms with Crippen molar-refractivity contribution in [2.45, 2.75) is 6.10 Å². The first-order chi connectivity index (χ1) is 11.1. The Morgan fingerprint density at radius 3 is 2.91 bits per heavy atom. The van der Waals surface area contributed by atoms with Crippen molar-refractivity contribution in [1.82, 2.24) is 0 Å². The average Bonchev–Trinajstić information content (AvgIpc) is 2.53. The summed E-state index contributed by atoms with van der Waals surface area (Å²) in [5, 5.41) is 9.60. The van der Waals surface area contributed by atoms with Gasteiger partial charge < -0.3 is 14.6 Å². The third-order valence-corrected chi connectivity index (χ3v) is 3.75. The maximum Gasteiger partial charge on any atom is 0.350 e. The number of rotatable bonds is 3. The van der Waals surface area contributed by atoms with Gasteiger partial charge in [0.15, 0.2) is 0 Å². The van der Waals surface area contributed by atoms with E-state index in [1.54, 1.807) is 36.4 Å². The highest BCUT2D eigenvalue weighted by Crippen LogP contribution is 2.28. The van der Waals surface area contributed by atoms with E-state index >= 15 is 0 Å². The number of benzene rings is 1. The Morgan fingerprint density at radius 2 is 2.17 bits per heavy atom. The van der Waals surface area contributed by atoms with Crippen molar-refractivity contribution in [3.63, 3.8) is 0 Å². The molecule has 0 spiro atoms. The molecule has 2 aliphatic rings. The molecule has 2 unspecified atom stereocenters. The number of hydrogen-bond donors (Lipinski definition) is 1. The smallest absolute Gasteiger partial charge is 0.350 e. The fourth-order valence-corrected chi connectivity index (χ4v) is 2.58. The van der Waals surface area contributed by atoms with E-state index in [1.165, 1.54) is 12.1 Å². The largest absolute Gasteiger partial charge is 0.453 e. The molecule has 3 rings (SSSR count). The number of esters is 2. The first-order valence-corrected chi connectivity index (χ1v) is 7.35. The molecule has 6 heteroatoms. The zero-order chi connectivity index (χ0) is 16.4. The minimum absolute atomic E-state index is 0.121. The van der Waals surface area contributed by atoms with Crippen molar-refractivity contribution in [3.8, 4) is 5.75 Å². The summed E-state index contributed by atoms with van der Waals surface area (Å²) in [5.74, 6) is -1.59. The Bertz CT molecular complexity index is 747. The molecule has 1 aliphatic carbocycles. The second-order valence-corrected chi connectivity index (χ2v) is 5.57. The highest BCUT2D eigenvalue weighted by atomic mass is 35.5. The quantitative estimate of drug-likeness (QED) is 0.522. The Morgan fingerprint density at radius 1 is 1.35 bits per heavy atom. The number of halogens is 1. The molecule has 0 aromatic heterocycles. The van der Waals surface area contributed by atoms with Gasteiger partial charge in [0.1, 0.15) is 17.4 Å². The predicted molar refractivity (Wildman–Crippen MR) is 82.8 cm³/mol. The molecular weight excluding hydrogens is 320 g/mol. The van der Waals surface area contributed by atoms with E-state index in [4.69, 9.17) is 21.1 Å². The van der Waals surface area contributed by atoms with Crippen LogP contribution in [0.15, 0.2) is 59.7 Å². The number of aliphatic hydroxyl groups is 1. The van der Waals surface area contributed by atoms with Crippen LogP contribution in [0.2, 0.25) is 5.02 Å². The van der Waals surface area contributed by atoms with Gasteiger partial charge >= 0.3 is 11.9 Å². The summed E-state index contributed by atoms with van der Waals surface area (Å²) in [4.78, 5) is 24.2. The van der Waals surface area contributed by atoms with E-state index in [0.29, 0.717) is 10.6 Å². The fraction of sp³-hybridized carbons (Fsp3) is 0.176. The molecule has 0 bridgehead atoms. The molecule has 0 fully saturated rings. The van der Waals surface area contributed by atoms with Crippen LogP contribution >= 0.6 is 11.6 Å². The van der Waals surface area contributed by atoms with Gasteiger partial charge in [-0.25, -0.2) is 9.59 Å². The van der Waals surface area contributed by atoms with Crippen LogP contribution in [0.3, 0.4) is 0 Å². The zero-order valence-corrected chi connectivity index (χ0v) is 12.7. The van der Waals surface area contributed by atoms with Crippen LogP contribution in [-0.4, -0.2) is 29.8 Å². The van der Waals surface area contributed by atoms with Gasteiger partial charge in [-0.05, 0) is 29.8 Å². The van der Waals surface area contributed by atoms with Crippen LogP contribution in [0.4, 0.5) is 0 Å². The fourth-order valence-electron chi connectivity index (χ4n) is 2.40. The molecule has 0 radical (unpaired) electrons. The summed E-state index contributed by atoms with van der Waals surface area (Å²) in [6.45, 7) is -0.121. The molecule has 23 heavy (non-hydrogen) atoms. The van der Waals surface area contributed by atoms with Crippen LogP contribution in [0.25, 0.3) is 0 Å². The normalized spacial score (nSPS) is 22.6. The summed E-state index contributed by atoms with van der Waals surface area (Å²) in [6, 6.07) is 6.32. The van der Waals surface area contributed by atoms with Crippen molar-refractivity contribution < 1.29 is 24.2 Å². The van der Waals surface area contributed by atoms with Gasteiger partial charge in [0, 0.05) is 10.9 Å². The Kier molecular flexibility index (Phi) is 4.32. The maximum atomic E-state index is 12.2. The van der Waals surface area contributed by atoms with E-state index < -0.39 is 18.0 Å². The highest BCUT2D eigenvalue weighted by Gasteiger charge is 2.34. The number of carbonyl (C=O) groups excluding carboxylic acids is 2. The van der Waals surface area contributed by atoms with Crippen molar-refractivity contribution in [3.05, 3.63) is 64.7 Å². The second kappa shape index (κ2) is 6.40. The molecule has 1 aromatic rings. The molecule has 0 amide bonds. The van der Waals surface area contributed by atoms with Crippen molar-refractivity contribution in [2.75, 3.05) is 6.61 Å². The van der Waals surface area contributed by atoms with Crippen molar-refractivity contribution >= 4 is 23.5 Å². The van der Waals surface area contributed by atoms with Crippen molar-refractivity contribution in [2.24, 2.45) is 5.92 Å².